The molecule has 1 fully saturated rings. The van der Waals surface area contributed by atoms with Crippen molar-refractivity contribution < 1.29 is 4.79 Å². The first kappa shape index (κ1) is 13.6. The number of pyridine rings is 1. The second-order valence-electron chi connectivity index (χ2n) is 5.16. The Balaban J connectivity index is 1.89. The van der Waals surface area contributed by atoms with E-state index in [0.29, 0.717) is 6.54 Å². The summed E-state index contributed by atoms with van der Waals surface area (Å²) >= 11 is 0. The van der Waals surface area contributed by atoms with Gasteiger partial charge in [-0.3, -0.25) is 14.2 Å². The third-order valence-electron chi connectivity index (χ3n) is 3.74. The van der Waals surface area contributed by atoms with E-state index in [1.54, 1.807) is 21.7 Å². The van der Waals surface area contributed by atoms with Crippen LogP contribution in [-0.2, 0) is 4.79 Å². The van der Waals surface area contributed by atoms with Crippen molar-refractivity contribution in [3.8, 4) is 5.69 Å². The zero-order valence-electron chi connectivity index (χ0n) is 11.6. The predicted octanol–water partition coefficient (Wildman–Crippen LogP) is 1.29. The topological polar surface area (TPSA) is 68.3 Å². The van der Waals surface area contributed by atoms with Crippen LogP contribution in [0.2, 0.25) is 0 Å². The SMILES string of the molecule is N[C@H]1CCCN(c2ccc(-n3ccccc3=O)cc2)C1=O. The molecule has 1 saturated heterocycles. The van der Waals surface area contributed by atoms with E-state index in [2.05, 4.69) is 0 Å². The predicted molar refractivity (Wildman–Crippen MR) is 81.6 cm³/mol. The largest absolute Gasteiger partial charge is 0.320 e. The third kappa shape index (κ3) is 2.60. The maximum absolute atomic E-state index is 12.1. The monoisotopic (exact) mass is 283 g/mol. The highest BCUT2D eigenvalue weighted by atomic mass is 16.2. The Labute approximate surface area is 122 Å². The van der Waals surface area contributed by atoms with Crippen molar-refractivity contribution in [2.45, 2.75) is 18.9 Å². The molecule has 0 saturated carbocycles. The number of carbonyl (C=O) groups excluding carboxylic acids is 1. The number of anilines is 1. The maximum Gasteiger partial charge on any atom is 0.255 e. The summed E-state index contributed by atoms with van der Waals surface area (Å²) in [5, 5.41) is 0. The lowest BCUT2D eigenvalue weighted by Gasteiger charge is -2.30. The Morgan fingerprint density at radius 1 is 1.00 bits per heavy atom. The van der Waals surface area contributed by atoms with Crippen LogP contribution in [0, 0.1) is 0 Å². The minimum Gasteiger partial charge on any atom is -0.320 e. The van der Waals surface area contributed by atoms with E-state index in [1.165, 1.54) is 6.07 Å². The van der Waals surface area contributed by atoms with E-state index >= 15 is 0 Å². The number of carbonyl (C=O) groups is 1. The van der Waals surface area contributed by atoms with E-state index in [9.17, 15) is 9.59 Å². The molecule has 1 aromatic carbocycles. The normalized spacial score (nSPS) is 18.8. The smallest absolute Gasteiger partial charge is 0.255 e. The zero-order valence-corrected chi connectivity index (χ0v) is 11.6. The first-order chi connectivity index (χ1) is 10.2. The molecule has 2 N–H and O–H groups in total. The molecule has 0 bridgehead atoms. The van der Waals surface area contributed by atoms with E-state index in [1.807, 2.05) is 30.3 Å². The molecule has 1 atom stereocenters. The quantitative estimate of drug-likeness (QED) is 0.903. The fourth-order valence-corrected chi connectivity index (χ4v) is 2.59. The van der Waals surface area contributed by atoms with Crippen molar-refractivity contribution in [3.63, 3.8) is 0 Å². The lowest BCUT2D eigenvalue weighted by molar-refractivity contribution is -0.120. The minimum absolute atomic E-state index is 0.0362. The fraction of sp³-hybridized carbons (Fsp3) is 0.250. The third-order valence-corrected chi connectivity index (χ3v) is 3.74. The number of rotatable bonds is 2. The highest BCUT2D eigenvalue weighted by Crippen LogP contribution is 2.21. The van der Waals surface area contributed by atoms with E-state index < -0.39 is 6.04 Å². The molecular formula is C16H17N3O2. The summed E-state index contributed by atoms with van der Waals surface area (Å²) in [6.45, 7) is 0.692. The summed E-state index contributed by atoms with van der Waals surface area (Å²) in [6, 6.07) is 12.0. The van der Waals surface area contributed by atoms with Crippen LogP contribution in [0.3, 0.4) is 0 Å². The van der Waals surface area contributed by atoms with Crippen LogP contribution in [0.4, 0.5) is 5.69 Å². The molecule has 3 rings (SSSR count). The van der Waals surface area contributed by atoms with Gasteiger partial charge in [0.15, 0.2) is 0 Å². The lowest BCUT2D eigenvalue weighted by atomic mass is 10.0. The first-order valence-electron chi connectivity index (χ1n) is 7.02. The van der Waals surface area contributed by atoms with Gasteiger partial charge in [0.05, 0.1) is 6.04 Å². The Kier molecular flexibility index (Phi) is 3.58. The van der Waals surface area contributed by atoms with Gasteiger partial charge >= 0.3 is 0 Å². The van der Waals surface area contributed by atoms with Crippen LogP contribution in [-0.4, -0.2) is 23.1 Å². The van der Waals surface area contributed by atoms with Crippen LogP contribution in [0.25, 0.3) is 5.69 Å². The number of piperidine rings is 1. The molecule has 0 unspecified atom stereocenters. The fourth-order valence-electron chi connectivity index (χ4n) is 2.59. The van der Waals surface area contributed by atoms with Crippen molar-refractivity contribution >= 4 is 11.6 Å². The Hall–Kier alpha value is -2.40. The van der Waals surface area contributed by atoms with Gasteiger partial charge < -0.3 is 10.6 Å². The van der Waals surface area contributed by atoms with Gasteiger partial charge in [-0.05, 0) is 43.2 Å². The second-order valence-corrected chi connectivity index (χ2v) is 5.16. The Bertz CT molecular complexity index is 706. The van der Waals surface area contributed by atoms with Gasteiger partial charge in [0.2, 0.25) is 5.91 Å². The molecule has 1 aromatic heterocycles. The molecule has 2 heterocycles. The van der Waals surface area contributed by atoms with Gasteiger partial charge in [-0.15, -0.1) is 0 Å². The lowest BCUT2D eigenvalue weighted by Crippen LogP contribution is -2.48. The van der Waals surface area contributed by atoms with E-state index in [4.69, 9.17) is 5.73 Å². The summed E-state index contributed by atoms with van der Waals surface area (Å²) in [7, 11) is 0. The molecule has 0 aliphatic carbocycles. The summed E-state index contributed by atoms with van der Waals surface area (Å²) < 4.78 is 1.56. The van der Waals surface area contributed by atoms with Crippen LogP contribution in [0.15, 0.2) is 53.5 Å². The minimum atomic E-state index is -0.407. The maximum atomic E-state index is 12.1. The molecule has 21 heavy (non-hydrogen) atoms. The summed E-state index contributed by atoms with van der Waals surface area (Å²) in [5.74, 6) is -0.0362. The Morgan fingerprint density at radius 3 is 2.43 bits per heavy atom. The van der Waals surface area contributed by atoms with Gasteiger partial charge in [0, 0.05) is 30.2 Å². The van der Waals surface area contributed by atoms with E-state index in [-0.39, 0.29) is 11.5 Å². The Morgan fingerprint density at radius 2 is 1.71 bits per heavy atom. The molecule has 1 aliphatic heterocycles. The number of nitrogens with zero attached hydrogens (tertiary/aromatic N) is 2. The van der Waals surface area contributed by atoms with Crippen LogP contribution in [0.1, 0.15) is 12.8 Å². The van der Waals surface area contributed by atoms with Crippen molar-refractivity contribution in [2.24, 2.45) is 5.73 Å². The highest BCUT2D eigenvalue weighted by molar-refractivity contribution is 5.97. The molecule has 2 aromatic rings. The zero-order chi connectivity index (χ0) is 14.8. The van der Waals surface area contributed by atoms with Crippen molar-refractivity contribution in [2.75, 3.05) is 11.4 Å². The summed E-state index contributed by atoms with van der Waals surface area (Å²) in [4.78, 5) is 25.6. The molecule has 0 radical (unpaired) electrons. The highest BCUT2D eigenvalue weighted by Gasteiger charge is 2.26. The van der Waals surface area contributed by atoms with E-state index in [0.717, 1.165) is 24.2 Å². The van der Waals surface area contributed by atoms with Gasteiger partial charge in [-0.2, -0.15) is 0 Å². The second kappa shape index (κ2) is 5.54. The number of amides is 1. The first-order valence-corrected chi connectivity index (χ1v) is 7.02. The molecule has 0 spiro atoms. The number of aromatic nitrogens is 1. The standard InChI is InChI=1S/C16H17N3O2/c17-14-4-3-11-19(16(14)21)13-8-6-12(7-9-13)18-10-2-1-5-15(18)20/h1-2,5-10,14H,3-4,11,17H2/t14-/m0/s1. The molecule has 5 heteroatoms. The van der Waals surface area contributed by atoms with Crippen LogP contribution in [0.5, 0.6) is 0 Å². The summed E-state index contributed by atoms with van der Waals surface area (Å²) in [6.07, 6.45) is 3.37. The van der Waals surface area contributed by atoms with Gasteiger partial charge in [0.1, 0.15) is 0 Å². The molecular weight excluding hydrogens is 266 g/mol. The molecule has 1 amide bonds. The molecule has 5 nitrogen and oxygen atoms in total. The van der Waals surface area contributed by atoms with Crippen LogP contribution < -0.4 is 16.2 Å². The number of hydrogen-bond acceptors (Lipinski definition) is 3. The average Bonchev–Trinajstić information content (AvgIpc) is 2.51. The number of benzene rings is 1. The van der Waals surface area contributed by atoms with Crippen molar-refractivity contribution in [3.05, 3.63) is 59.0 Å². The van der Waals surface area contributed by atoms with Crippen molar-refractivity contribution in [1.82, 2.24) is 4.57 Å². The number of hydrogen-bond donors (Lipinski definition) is 1. The van der Waals surface area contributed by atoms with Gasteiger partial charge in [0.25, 0.3) is 5.56 Å². The van der Waals surface area contributed by atoms with Gasteiger partial charge in [-0.1, -0.05) is 6.07 Å². The number of nitrogens with two attached hydrogens (primary N) is 1. The summed E-state index contributed by atoms with van der Waals surface area (Å²) in [5.41, 5.74) is 7.33. The van der Waals surface area contributed by atoms with Gasteiger partial charge in [-0.25, -0.2) is 0 Å². The molecule has 108 valence electrons. The van der Waals surface area contributed by atoms with Crippen molar-refractivity contribution in [1.29, 1.82) is 0 Å². The average molecular weight is 283 g/mol. The molecule has 1 aliphatic rings. The van der Waals surface area contributed by atoms with Crippen LogP contribution >= 0.6 is 0 Å².